The third-order valence-corrected chi connectivity index (χ3v) is 4.19. The molecule has 1 aromatic rings. The average Bonchev–Trinajstić information content (AvgIpc) is 2.52. The van der Waals surface area contributed by atoms with Gasteiger partial charge >= 0.3 is 6.09 Å². The van der Waals surface area contributed by atoms with Crippen molar-refractivity contribution in [1.82, 2.24) is 9.80 Å². The summed E-state index contributed by atoms with van der Waals surface area (Å²) in [6, 6.07) is 5.39. The van der Waals surface area contributed by atoms with Crippen molar-refractivity contribution in [2.45, 2.75) is 46.3 Å². The van der Waals surface area contributed by atoms with Gasteiger partial charge in [-0.25, -0.2) is 4.79 Å². The van der Waals surface area contributed by atoms with Crippen molar-refractivity contribution in [3.05, 3.63) is 34.9 Å². The van der Waals surface area contributed by atoms with Crippen LogP contribution >= 0.6 is 0 Å². The Labute approximate surface area is 149 Å². The van der Waals surface area contributed by atoms with Gasteiger partial charge in [0.15, 0.2) is 0 Å². The number of hydrogen-bond acceptors (Lipinski definition) is 3. The van der Waals surface area contributed by atoms with Crippen LogP contribution in [0.3, 0.4) is 0 Å². The summed E-state index contributed by atoms with van der Waals surface area (Å²) >= 11 is 0. The zero-order valence-corrected chi connectivity index (χ0v) is 15.6. The lowest BCUT2D eigenvalue weighted by Crippen LogP contribution is -2.56. The van der Waals surface area contributed by atoms with Crippen LogP contribution in [-0.2, 0) is 4.74 Å². The molecule has 0 unspecified atom stereocenters. The summed E-state index contributed by atoms with van der Waals surface area (Å²) in [5, 5.41) is 0. The molecule has 0 bridgehead atoms. The Morgan fingerprint density at radius 2 is 1.96 bits per heavy atom. The molecule has 0 N–H and O–H groups in total. The van der Waals surface area contributed by atoms with Gasteiger partial charge < -0.3 is 14.5 Å². The molecular weight excluding hydrogens is 316 g/mol. The van der Waals surface area contributed by atoms with Gasteiger partial charge in [-0.05, 0) is 46.2 Å². The van der Waals surface area contributed by atoms with Crippen molar-refractivity contribution in [2.75, 3.05) is 19.6 Å². The van der Waals surface area contributed by atoms with Gasteiger partial charge in [0.2, 0.25) is 0 Å². The molecule has 5 nitrogen and oxygen atoms in total. The number of benzene rings is 1. The second-order valence-electron chi connectivity index (χ2n) is 7.42. The first-order chi connectivity index (χ1) is 11.6. The Kier molecular flexibility index (Phi) is 5.42. The van der Waals surface area contributed by atoms with Gasteiger partial charge in [0.05, 0.1) is 5.56 Å². The normalized spacial score (nSPS) is 17.8. The van der Waals surface area contributed by atoms with E-state index < -0.39 is 5.60 Å². The highest BCUT2D eigenvalue weighted by Gasteiger charge is 2.33. The molecule has 1 heterocycles. The number of hydrogen-bond donors (Lipinski definition) is 0. The predicted molar refractivity (Wildman–Crippen MR) is 97.4 cm³/mol. The topological polar surface area (TPSA) is 49.9 Å². The molecule has 2 amide bonds. The number of ether oxygens (including phenoxy) is 1. The second-order valence-corrected chi connectivity index (χ2v) is 7.42. The van der Waals surface area contributed by atoms with Gasteiger partial charge in [-0.3, -0.25) is 4.79 Å². The molecule has 1 aliphatic rings. The fourth-order valence-electron chi connectivity index (χ4n) is 2.94. The maximum absolute atomic E-state index is 12.9. The summed E-state index contributed by atoms with van der Waals surface area (Å²) in [4.78, 5) is 28.6. The molecular formula is C20H26N2O3. The van der Waals surface area contributed by atoms with E-state index in [0.717, 1.165) is 5.56 Å². The van der Waals surface area contributed by atoms with Crippen LogP contribution in [0, 0.1) is 19.3 Å². The summed E-state index contributed by atoms with van der Waals surface area (Å²) in [7, 11) is 0. The van der Waals surface area contributed by atoms with Crippen molar-refractivity contribution in [3.63, 3.8) is 0 Å². The van der Waals surface area contributed by atoms with Crippen molar-refractivity contribution < 1.29 is 14.3 Å². The molecule has 0 spiro atoms. The lowest BCUT2D eigenvalue weighted by atomic mass is 10.0. The van der Waals surface area contributed by atoms with Gasteiger partial charge in [0.1, 0.15) is 5.60 Å². The van der Waals surface area contributed by atoms with Crippen LogP contribution in [0.4, 0.5) is 4.79 Å². The maximum Gasteiger partial charge on any atom is 0.410 e. The summed E-state index contributed by atoms with van der Waals surface area (Å²) in [5.41, 5.74) is 1.55. The summed E-state index contributed by atoms with van der Waals surface area (Å²) in [5.74, 6) is 2.53. The molecule has 1 aliphatic heterocycles. The molecule has 1 fully saturated rings. The lowest BCUT2D eigenvalue weighted by molar-refractivity contribution is 0.00616. The first-order valence-corrected chi connectivity index (χ1v) is 8.49. The van der Waals surface area contributed by atoms with Crippen LogP contribution in [0.2, 0.25) is 0 Å². The minimum Gasteiger partial charge on any atom is -0.444 e. The summed E-state index contributed by atoms with van der Waals surface area (Å²) in [6.07, 6.45) is 5.24. The SMILES string of the molecule is C#Cc1c(C)cccc1C(=O)N1CCN(C(=O)OC(C)(C)C)C[C@@H]1C. The Morgan fingerprint density at radius 1 is 1.28 bits per heavy atom. The van der Waals surface area contributed by atoms with E-state index in [0.29, 0.717) is 30.8 Å². The highest BCUT2D eigenvalue weighted by Crippen LogP contribution is 2.20. The van der Waals surface area contributed by atoms with Crippen LogP contribution in [-0.4, -0.2) is 53.1 Å². The number of rotatable bonds is 1. The van der Waals surface area contributed by atoms with E-state index in [1.807, 2.05) is 46.8 Å². The van der Waals surface area contributed by atoms with Crippen LogP contribution in [0.5, 0.6) is 0 Å². The zero-order valence-electron chi connectivity index (χ0n) is 15.6. The van der Waals surface area contributed by atoms with Gasteiger partial charge in [0.25, 0.3) is 5.91 Å². The van der Waals surface area contributed by atoms with Crippen LogP contribution in [0.1, 0.15) is 49.2 Å². The quantitative estimate of drug-likeness (QED) is 0.737. The smallest absolute Gasteiger partial charge is 0.410 e. The van der Waals surface area contributed by atoms with Gasteiger partial charge in [-0.15, -0.1) is 6.42 Å². The molecule has 2 rings (SSSR count). The third-order valence-electron chi connectivity index (χ3n) is 4.19. The standard InChI is InChI=1S/C20H26N2O3/c1-7-16-14(2)9-8-10-17(16)18(23)22-12-11-21(13-15(22)3)19(24)25-20(4,5)6/h1,8-10,15H,11-13H2,2-6H3/t15-/m0/s1. The first-order valence-electron chi connectivity index (χ1n) is 8.49. The summed E-state index contributed by atoms with van der Waals surface area (Å²) < 4.78 is 5.42. The van der Waals surface area contributed by atoms with E-state index in [4.69, 9.17) is 11.2 Å². The number of piperazine rings is 1. The number of aryl methyl sites for hydroxylation is 1. The van der Waals surface area contributed by atoms with Crippen molar-refractivity contribution >= 4 is 12.0 Å². The van der Waals surface area contributed by atoms with Crippen molar-refractivity contribution in [3.8, 4) is 12.3 Å². The van der Waals surface area contributed by atoms with E-state index in [2.05, 4.69) is 5.92 Å². The molecule has 5 heteroatoms. The molecule has 0 radical (unpaired) electrons. The minimum absolute atomic E-state index is 0.0898. The first kappa shape index (κ1) is 18.9. The monoisotopic (exact) mass is 342 g/mol. The third kappa shape index (κ3) is 4.33. The molecule has 1 aromatic carbocycles. The number of terminal acetylenes is 1. The fraction of sp³-hybridized carbons (Fsp3) is 0.500. The second kappa shape index (κ2) is 7.18. The Hall–Kier alpha value is -2.48. The predicted octanol–water partition coefficient (Wildman–Crippen LogP) is 3.06. The molecule has 0 saturated carbocycles. The number of amides is 2. The Morgan fingerprint density at radius 3 is 2.52 bits per heavy atom. The van der Waals surface area contributed by atoms with E-state index in [9.17, 15) is 9.59 Å². The van der Waals surface area contributed by atoms with E-state index in [1.54, 1.807) is 15.9 Å². The van der Waals surface area contributed by atoms with Gasteiger partial charge in [0, 0.05) is 31.2 Å². The Bertz CT molecular complexity index is 713. The number of carbonyl (C=O) groups is 2. The minimum atomic E-state index is -0.531. The van der Waals surface area contributed by atoms with Crippen molar-refractivity contribution in [2.24, 2.45) is 0 Å². The van der Waals surface area contributed by atoms with E-state index in [-0.39, 0.29) is 18.0 Å². The molecule has 1 saturated heterocycles. The highest BCUT2D eigenvalue weighted by molar-refractivity contribution is 5.97. The summed E-state index contributed by atoms with van der Waals surface area (Å²) in [6.45, 7) is 10.7. The molecule has 25 heavy (non-hydrogen) atoms. The maximum atomic E-state index is 12.9. The molecule has 0 aromatic heterocycles. The van der Waals surface area contributed by atoms with E-state index in [1.165, 1.54) is 0 Å². The zero-order chi connectivity index (χ0) is 18.8. The number of carbonyl (C=O) groups excluding carboxylic acids is 2. The number of nitrogens with zero attached hydrogens (tertiary/aromatic N) is 2. The van der Waals surface area contributed by atoms with Gasteiger partial charge in [-0.1, -0.05) is 18.1 Å². The van der Waals surface area contributed by atoms with Crippen LogP contribution in [0.25, 0.3) is 0 Å². The molecule has 0 aliphatic carbocycles. The van der Waals surface area contributed by atoms with Crippen molar-refractivity contribution in [1.29, 1.82) is 0 Å². The van der Waals surface area contributed by atoms with E-state index >= 15 is 0 Å². The molecule has 1 atom stereocenters. The molecule has 134 valence electrons. The van der Waals surface area contributed by atoms with Gasteiger partial charge in [-0.2, -0.15) is 0 Å². The lowest BCUT2D eigenvalue weighted by Gasteiger charge is -2.40. The largest absolute Gasteiger partial charge is 0.444 e. The average molecular weight is 342 g/mol. The van der Waals surface area contributed by atoms with Crippen LogP contribution < -0.4 is 0 Å². The highest BCUT2D eigenvalue weighted by atomic mass is 16.6. The van der Waals surface area contributed by atoms with Crippen LogP contribution in [0.15, 0.2) is 18.2 Å². The Balaban J connectivity index is 2.12. The fourth-order valence-corrected chi connectivity index (χ4v) is 2.94.